The van der Waals surface area contributed by atoms with Crippen LogP contribution < -0.4 is 7.99 Å². The fraction of sp³-hybridized carbons (Fsp3) is 0.333. The Morgan fingerprint density at radius 3 is 2.73 bits per heavy atom. The summed E-state index contributed by atoms with van der Waals surface area (Å²) in [6.07, 6.45) is 4.16. The van der Waals surface area contributed by atoms with Gasteiger partial charge in [0.2, 0.25) is 0 Å². The van der Waals surface area contributed by atoms with E-state index in [2.05, 4.69) is 63.7 Å². The molecule has 2 nitrogen and oxygen atoms in total. The van der Waals surface area contributed by atoms with E-state index in [1.165, 1.54) is 27.6 Å². The Hall–Kier alpha value is -0.418. The monoisotopic (exact) mass is 580 g/mol. The summed E-state index contributed by atoms with van der Waals surface area (Å²) in [6.45, 7) is 10.5. The van der Waals surface area contributed by atoms with Crippen LogP contribution in [0.3, 0.4) is 0 Å². The number of halogens is 1. The van der Waals surface area contributed by atoms with Crippen LogP contribution in [0.2, 0.25) is 0 Å². The van der Waals surface area contributed by atoms with Crippen LogP contribution in [0.1, 0.15) is 54.3 Å². The van der Waals surface area contributed by atoms with Gasteiger partial charge in [-0.2, -0.15) is 0 Å². The molecule has 0 aliphatic carbocycles. The zero-order valence-electron chi connectivity index (χ0n) is 15.6. The molecule has 5 heteroatoms. The van der Waals surface area contributed by atoms with Crippen LogP contribution in [0.25, 0.3) is 0 Å². The second-order valence-corrected chi connectivity index (χ2v) is 15.4. The predicted molar refractivity (Wildman–Crippen MR) is 114 cm³/mol. The molecule has 0 radical (unpaired) electrons. The molecule has 0 saturated carbocycles. The van der Waals surface area contributed by atoms with Crippen LogP contribution in [0.4, 0.5) is 0 Å². The van der Waals surface area contributed by atoms with Crippen molar-refractivity contribution in [3.05, 3.63) is 71.3 Å². The first kappa shape index (κ1) is 20.3. The number of benzene rings is 2. The van der Waals surface area contributed by atoms with Gasteiger partial charge in [-0.1, -0.05) is 0 Å². The molecule has 0 spiro atoms. The molecule has 1 aliphatic heterocycles. The van der Waals surface area contributed by atoms with Gasteiger partial charge in [-0.05, 0) is 0 Å². The Labute approximate surface area is 171 Å². The molecule has 2 aromatic carbocycles. The van der Waals surface area contributed by atoms with Crippen LogP contribution in [-0.4, -0.2) is 22.4 Å². The summed E-state index contributed by atoms with van der Waals surface area (Å²) in [6, 6.07) is 13.1. The Morgan fingerprint density at radius 2 is 2.00 bits per heavy atom. The number of aryl methyl sites for hydroxylation is 2. The van der Waals surface area contributed by atoms with E-state index in [0.717, 1.165) is 18.6 Å². The van der Waals surface area contributed by atoms with Gasteiger partial charge in [0, 0.05) is 0 Å². The molecule has 3 atom stereocenters. The van der Waals surface area contributed by atoms with Gasteiger partial charge in [-0.3, -0.25) is 0 Å². The summed E-state index contributed by atoms with van der Waals surface area (Å²) >= 11 is -3.22. The van der Waals surface area contributed by atoms with E-state index < -0.39 is 22.4 Å². The van der Waals surface area contributed by atoms with E-state index in [1.54, 1.807) is 0 Å². The second kappa shape index (κ2) is 9.18. The molecular weight excluding hydrogens is 555 g/mol. The zero-order valence-corrected chi connectivity index (χ0v) is 21.8. The summed E-state index contributed by atoms with van der Waals surface area (Å²) in [5, 5.41) is 1.34. The van der Waals surface area contributed by atoms with E-state index in [9.17, 15) is 0 Å². The normalized spacial score (nSPS) is 20.8. The van der Waals surface area contributed by atoms with Crippen molar-refractivity contribution in [2.24, 2.45) is 0 Å². The van der Waals surface area contributed by atoms with E-state index in [4.69, 9.17) is 13.7 Å². The molecule has 2 aromatic rings. The van der Waals surface area contributed by atoms with Crippen LogP contribution in [-0.2, 0) is 9.11 Å². The second-order valence-electron chi connectivity index (χ2n) is 6.74. The van der Waals surface area contributed by atoms with Crippen LogP contribution in [0.5, 0.6) is 5.75 Å². The molecule has 0 N–H and O–H groups in total. The first-order valence-corrected chi connectivity index (χ1v) is 19.4. The summed E-state index contributed by atoms with van der Waals surface area (Å²) < 4.78 is 12.4. The Bertz CT molecular complexity index is 796. The first-order chi connectivity index (χ1) is 12.5. The molecule has 0 fully saturated rings. The number of fused-ring (bicyclic) bond motifs is 2. The third-order valence-electron chi connectivity index (χ3n) is 4.68. The molecule has 0 saturated heterocycles. The molecule has 1 aliphatic rings. The van der Waals surface area contributed by atoms with Crippen molar-refractivity contribution in [1.82, 2.24) is 0 Å². The number of allylic oxidation sites excluding steroid dienone is 1. The van der Waals surface area contributed by atoms with Gasteiger partial charge in [0.15, 0.2) is 0 Å². The van der Waals surface area contributed by atoms with Gasteiger partial charge in [-0.25, -0.2) is 0 Å². The van der Waals surface area contributed by atoms with Gasteiger partial charge in [0.1, 0.15) is 0 Å². The van der Waals surface area contributed by atoms with Crippen molar-refractivity contribution < 1.29 is 5.37 Å². The third-order valence-corrected chi connectivity index (χ3v) is 12.1. The van der Waals surface area contributed by atoms with E-state index in [0.29, 0.717) is 8.58 Å². The molecule has 26 heavy (non-hydrogen) atoms. The minimum atomic E-state index is -3.22. The van der Waals surface area contributed by atoms with E-state index in [-0.39, 0.29) is 11.8 Å². The fourth-order valence-corrected chi connectivity index (χ4v) is 10.7. The maximum atomic E-state index is 6.61. The Morgan fingerprint density at radius 1 is 1.23 bits per heavy atom. The van der Waals surface area contributed by atoms with Crippen LogP contribution in [0, 0.1) is 6.92 Å². The van der Waals surface area contributed by atoms with Crippen molar-refractivity contribution in [2.45, 2.75) is 45.4 Å². The first-order valence-electron chi connectivity index (χ1n) is 9.10. The zero-order chi connectivity index (χ0) is 18.7. The molecule has 1 heterocycles. The van der Waals surface area contributed by atoms with Crippen molar-refractivity contribution in [1.29, 1.82) is 0 Å². The van der Waals surface area contributed by atoms with Crippen molar-refractivity contribution in [2.75, 3.05) is 0 Å². The van der Waals surface area contributed by atoms with Gasteiger partial charge in [0.25, 0.3) is 0 Å². The average molecular weight is 580 g/mol. The molecule has 0 bridgehead atoms. The summed E-state index contributed by atoms with van der Waals surface area (Å²) in [5.41, 5.74) is 5.18. The molecule has 0 aromatic heterocycles. The minimum absolute atomic E-state index is 0.0342. The third kappa shape index (κ3) is 4.70. The molecule has 3 rings (SSSR count). The Kier molecular flexibility index (Phi) is 7.18. The Balaban J connectivity index is 2.09. The summed E-state index contributed by atoms with van der Waals surface area (Å²) in [4.78, 5) is 0. The molecule has 3 unspecified atom stereocenters. The number of hydrogen-bond acceptors (Lipinski definition) is 2. The van der Waals surface area contributed by atoms with Gasteiger partial charge in [-0.15, -0.1) is 0 Å². The number of rotatable bonds is 3. The molecule has 0 amide bonds. The van der Waals surface area contributed by atoms with Crippen molar-refractivity contribution in [3.63, 3.8) is 0 Å². The topological polar surface area (TPSA) is 18.5 Å². The molecular formula is C21H25ClO2PTl. The van der Waals surface area contributed by atoms with Crippen LogP contribution >= 0.6 is 16.9 Å². The molecule has 136 valence electrons. The van der Waals surface area contributed by atoms with Gasteiger partial charge >= 0.3 is 172 Å². The van der Waals surface area contributed by atoms with Crippen LogP contribution in [0.15, 0.2) is 49.1 Å². The van der Waals surface area contributed by atoms with Crippen molar-refractivity contribution in [3.8, 4) is 5.75 Å². The predicted octanol–water partition coefficient (Wildman–Crippen LogP) is 5.87. The van der Waals surface area contributed by atoms with Gasteiger partial charge in [0.05, 0.1) is 0 Å². The number of hydrogen-bond donors (Lipinski definition) is 0. The van der Waals surface area contributed by atoms with Crippen molar-refractivity contribution >= 4 is 44.6 Å². The average Bonchev–Trinajstić information content (AvgIpc) is 2.60. The SMILES string of the molecule is C=CC1Pc2cc(C)ccc2C(C)[O][Tl]([Cl])[O]c2cc(CCC)ccc21. The summed E-state index contributed by atoms with van der Waals surface area (Å²) in [7, 11) is 7.20. The standard InChI is InChI=1S/C21H26O2P.ClH.Tl/c1-5-7-16-9-11-18(19(23)13-16)20(6-2)24-21-12-14(3)8-10-17(21)15(4)22;;/h6,8-13,15,20,23-24H,2,5,7H2,1,3-4H3;1H;/q-1;;+3/p-2. The fourth-order valence-electron chi connectivity index (χ4n) is 3.32. The van der Waals surface area contributed by atoms with E-state index >= 15 is 0 Å². The quantitative estimate of drug-likeness (QED) is 0.257. The van der Waals surface area contributed by atoms with E-state index in [1.807, 2.05) is 6.08 Å². The van der Waals surface area contributed by atoms with Gasteiger partial charge < -0.3 is 0 Å². The summed E-state index contributed by atoms with van der Waals surface area (Å²) in [5.74, 6) is 0.901. The maximum absolute atomic E-state index is 6.61.